The third kappa shape index (κ3) is 4.10. The van der Waals surface area contributed by atoms with Crippen LogP contribution in [0.1, 0.15) is 36.0 Å². The molecular weight excluding hydrogens is 474 g/mol. The van der Waals surface area contributed by atoms with Crippen LogP contribution in [0.5, 0.6) is 0 Å². The van der Waals surface area contributed by atoms with Crippen LogP contribution in [0.15, 0.2) is 58.5 Å². The molecule has 3 heterocycles. The number of thioether (sulfide) groups is 1. The second-order valence-electron chi connectivity index (χ2n) is 9.35. The molecule has 1 amide bonds. The van der Waals surface area contributed by atoms with Gasteiger partial charge in [0, 0.05) is 18.0 Å². The zero-order valence-electron chi connectivity index (χ0n) is 19.8. The molecule has 0 saturated carbocycles. The van der Waals surface area contributed by atoms with E-state index in [1.54, 1.807) is 15.9 Å². The quantitative estimate of drug-likeness (QED) is 0.269. The largest absolute Gasteiger partial charge is 0.342 e. The van der Waals surface area contributed by atoms with E-state index in [1.165, 1.54) is 29.3 Å². The number of hydrogen-bond donors (Lipinski definition) is 0. The van der Waals surface area contributed by atoms with Crippen molar-refractivity contribution in [3.63, 3.8) is 0 Å². The van der Waals surface area contributed by atoms with Crippen molar-refractivity contribution in [1.29, 1.82) is 0 Å². The summed E-state index contributed by atoms with van der Waals surface area (Å²) in [6, 6.07) is 16.4. The minimum Gasteiger partial charge on any atom is -0.342 e. The third-order valence-electron chi connectivity index (χ3n) is 6.99. The Morgan fingerprint density at radius 1 is 1.06 bits per heavy atom. The van der Waals surface area contributed by atoms with Crippen LogP contribution < -0.4 is 5.56 Å². The number of fused-ring (bicyclic) bond motifs is 5. The number of aryl methyl sites for hydroxylation is 3. The van der Waals surface area contributed by atoms with Gasteiger partial charge in [-0.15, -0.1) is 11.3 Å². The molecule has 0 atom stereocenters. The van der Waals surface area contributed by atoms with Crippen LogP contribution >= 0.6 is 23.1 Å². The van der Waals surface area contributed by atoms with Gasteiger partial charge in [0.05, 0.1) is 16.8 Å². The Kier molecular flexibility index (Phi) is 5.98. The van der Waals surface area contributed by atoms with Gasteiger partial charge in [-0.3, -0.25) is 14.2 Å². The van der Waals surface area contributed by atoms with Gasteiger partial charge in [-0.25, -0.2) is 4.98 Å². The van der Waals surface area contributed by atoms with Crippen molar-refractivity contribution in [3.05, 3.63) is 75.6 Å². The van der Waals surface area contributed by atoms with Crippen molar-refractivity contribution < 1.29 is 4.79 Å². The lowest BCUT2D eigenvalue weighted by Crippen LogP contribution is -2.36. The first-order valence-electron chi connectivity index (χ1n) is 12.2. The highest BCUT2D eigenvalue weighted by Gasteiger charge is 2.26. The van der Waals surface area contributed by atoms with E-state index in [9.17, 15) is 9.59 Å². The summed E-state index contributed by atoms with van der Waals surface area (Å²) < 4.78 is 1.72. The smallest absolute Gasteiger partial charge is 0.267 e. The standard InChI is InChI=1S/C28H27N3O2S2/c1-18-8-7-10-20(16-18)31-27(33)24-22-13-12-19-9-3-4-11-21(19)25(22)35-26(24)29-28(31)34-17-23(32)30-14-5-2-6-15-30/h3-4,7-11,16H,2,5-6,12-15,17H2,1H3. The van der Waals surface area contributed by atoms with E-state index < -0.39 is 0 Å². The Balaban J connectivity index is 1.48. The van der Waals surface area contributed by atoms with Gasteiger partial charge < -0.3 is 4.90 Å². The molecule has 1 saturated heterocycles. The van der Waals surface area contributed by atoms with E-state index >= 15 is 0 Å². The number of carbonyl (C=O) groups is 1. The average molecular weight is 502 g/mol. The normalized spacial score (nSPS) is 15.2. The van der Waals surface area contributed by atoms with Gasteiger partial charge in [0.25, 0.3) is 5.56 Å². The molecule has 2 aliphatic rings. The molecule has 0 bridgehead atoms. The molecular formula is C28H27N3O2S2. The molecule has 0 spiro atoms. The summed E-state index contributed by atoms with van der Waals surface area (Å²) in [5.74, 6) is 0.414. The molecule has 0 radical (unpaired) electrons. The minimum absolute atomic E-state index is 0.0367. The number of aromatic nitrogens is 2. The van der Waals surface area contributed by atoms with Crippen LogP contribution in [-0.4, -0.2) is 39.2 Å². The molecule has 35 heavy (non-hydrogen) atoms. The highest BCUT2D eigenvalue weighted by molar-refractivity contribution is 7.99. The molecule has 1 aliphatic heterocycles. The van der Waals surface area contributed by atoms with Crippen molar-refractivity contribution in [2.24, 2.45) is 0 Å². The Bertz CT molecular complexity index is 1500. The predicted octanol–water partition coefficient (Wildman–Crippen LogP) is 5.63. The van der Waals surface area contributed by atoms with Crippen LogP contribution in [0.4, 0.5) is 0 Å². The number of hydrogen-bond acceptors (Lipinski definition) is 5. The Hall–Kier alpha value is -2.90. The van der Waals surface area contributed by atoms with Crippen LogP contribution in [-0.2, 0) is 17.6 Å². The fraction of sp³-hybridized carbons (Fsp3) is 0.321. The maximum absolute atomic E-state index is 14.1. The molecule has 0 unspecified atom stereocenters. The maximum atomic E-state index is 14.1. The summed E-state index contributed by atoms with van der Waals surface area (Å²) in [5, 5.41) is 1.32. The topological polar surface area (TPSA) is 55.2 Å². The van der Waals surface area contributed by atoms with Crippen LogP contribution in [0.2, 0.25) is 0 Å². The van der Waals surface area contributed by atoms with Crippen molar-refractivity contribution in [2.75, 3.05) is 18.8 Å². The van der Waals surface area contributed by atoms with E-state index in [2.05, 4.69) is 24.3 Å². The van der Waals surface area contributed by atoms with E-state index in [-0.39, 0.29) is 17.2 Å². The molecule has 2 aromatic carbocycles. The van der Waals surface area contributed by atoms with Gasteiger partial charge >= 0.3 is 0 Å². The van der Waals surface area contributed by atoms with E-state index in [1.807, 2.05) is 36.1 Å². The number of benzene rings is 2. The number of piperidine rings is 1. The molecule has 4 aromatic rings. The van der Waals surface area contributed by atoms with E-state index in [4.69, 9.17) is 4.98 Å². The summed E-state index contributed by atoms with van der Waals surface area (Å²) in [6.07, 6.45) is 5.10. The number of nitrogens with zero attached hydrogens (tertiary/aromatic N) is 3. The van der Waals surface area contributed by atoms with Crippen molar-refractivity contribution >= 4 is 39.2 Å². The highest BCUT2D eigenvalue weighted by atomic mass is 32.2. The second kappa shape index (κ2) is 9.28. The Morgan fingerprint density at radius 2 is 1.89 bits per heavy atom. The van der Waals surface area contributed by atoms with Gasteiger partial charge in [0.2, 0.25) is 5.91 Å². The number of carbonyl (C=O) groups excluding carboxylic acids is 1. The highest BCUT2D eigenvalue weighted by Crippen LogP contribution is 2.42. The van der Waals surface area contributed by atoms with Gasteiger partial charge in [0.1, 0.15) is 4.83 Å². The molecule has 0 N–H and O–H groups in total. The van der Waals surface area contributed by atoms with Gasteiger partial charge in [-0.2, -0.15) is 0 Å². The van der Waals surface area contributed by atoms with Crippen LogP contribution in [0.3, 0.4) is 0 Å². The Labute approximate surface area is 212 Å². The molecule has 7 heteroatoms. The lowest BCUT2D eigenvalue weighted by atomic mass is 9.90. The van der Waals surface area contributed by atoms with Crippen LogP contribution in [0.25, 0.3) is 26.3 Å². The maximum Gasteiger partial charge on any atom is 0.267 e. The number of rotatable bonds is 4. The minimum atomic E-state index is -0.0367. The van der Waals surface area contributed by atoms with Crippen molar-refractivity contribution in [1.82, 2.24) is 14.5 Å². The first-order chi connectivity index (χ1) is 17.1. The fourth-order valence-electron chi connectivity index (χ4n) is 5.21. The van der Waals surface area contributed by atoms with Gasteiger partial charge in [0.15, 0.2) is 5.16 Å². The van der Waals surface area contributed by atoms with E-state index in [0.717, 1.165) is 70.7 Å². The number of thiophene rings is 1. The first-order valence-corrected chi connectivity index (χ1v) is 14.0. The second-order valence-corrected chi connectivity index (χ2v) is 11.3. The lowest BCUT2D eigenvalue weighted by Gasteiger charge is -2.26. The molecule has 2 aromatic heterocycles. The zero-order chi connectivity index (χ0) is 23.9. The summed E-state index contributed by atoms with van der Waals surface area (Å²) in [6.45, 7) is 3.68. The fourth-order valence-corrected chi connectivity index (χ4v) is 7.46. The Morgan fingerprint density at radius 3 is 2.71 bits per heavy atom. The van der Waals surface area contributed by atoms with Crippen LogP contribution in [0, 0.1) is 6.92 Å². The number of amides is 1. The van der Waals surface area contributed by atoms with E-state index in [0.29, 0.717) is 5.16 Å². The first kappa shape index (κ1) is 22.6. The molecule has 1 aliphatic carbocycles. The zero-order valence-corrected chi connectivity index (χ0v) is 21.4. The molecule has 1 fully saturated rings. The SMILES string of the molecule is Cc1cccc(-n2c(SCC(=O)N3CCCCC3)nc3sc4c(c3c2=O)CCc2ccccc2-4)c1. The molecule has 6 rings (SSSR count). The number of likely N-dealkylation sites (tertiary alicyclic amines) is 1. The summed E-state index contributed by atoms with van der Waals surface area (Å²) in [7, 11) is 0. The summed E-state index contributed by atoms with van der Waals surface area (Å²) in [5.41, 5.74) is 5.50. The van der Waals surface area contributed by atoms with Gasteiger partial charge in [-0.05, 0) is 73.4 Å². The van der Waals surface area contributed by atoms with Crippen molar-refractivity contribution in [2.45, 2.75) is 44.2 Å². The van der Waals surface area contributed by atoms with Crippen molar-refractivity contribution in [3.8, 4) is 16.1 Å². The summed E-state index contributed by atoms with van der Waals surface area (Å²) in [4.78, 5) is 35.9. The third-order valence-corrected chi connectivity index (χ3v) is 9.08. The summed E-state index contributed by atoms with van der Waals surface area (Å²) >= 11 is 2.98. The monoisotopic (exact) mass is 501 g/mol. The predicted molar refractivity (Wildman–Crippen MR) is 144 cm³/mol. The molecule has 178 valence electrons. The average Bonchev–Trinajstić information content (AvgIpc) is 3.27. The lowest BCUT2D eigenvalue weighted by molar-refractivity contribution is -0.129. The molecule has 5 nitrogen and oxygen atoms in total. The van der Waals surface area contributed by atoms with Gasteiger partial charge in [-0.1, -0.05) is 48.2 Å².